The lowest BCUT2D eigenvalue weighted by Gasteiger charge is -2.31. The summed E-state index contributed by atoms with van der Waals surface area (Å²) < 4.78 is 0. The second-order valence-corrected chi connectivity index (χ2v) is 9.79. The highest BCUT2D eigenvalue weighted by molar-refractivity contribution is 5.87. The van der Waals surface area contributed by atoms with Crippen molar-refractivity contribution in [1.82, 2.24) is 15.5 Å². The highest BCUT2D eigenvalue weighted by Gasteiger charge is 2.30. The van der Waals surface area contributed by atoms with Crippen molar-refractivity contribution in [3.05, 3.63) is 0 Å². The van der Waals surface area contributed by atoms with E-state index >= 15 is 0 Å². The molecule has 32 heavy (non-hydrogen) atoms. The second kappa shape index (κ2) is 15.3. The summed E-state index contributed by atoms with van der Waals surface area (Å²) in [4.78, 5) is 39.2. The molecule has 7 nitrogen and oxygen atoms in total. The van der Waals surface area contributed by atoms with Gasteiger partial charge in [0, 0.05) is 25.9 Å². The molecule has 1 saturated heterocycles. The molecule has 3 amide bonds. The van der Waals surface area contributed by atoms with Crippen molar-refractivity contribution in [2.45, 2.75) is 117 Å². The first-order valence-electron chi connectivity index (χ1n) is 12.7. The van der Waals surface area contributed by atoms with Gasteiger partial charge in [-0.3, -0.25) is 14.4 Å². The average Bonchev–Trinajstić information content (AvgIpc) is 2.76. The molecule has 0 radical (unpaired) electrons. The van der Waals surface area contributed by atoms with Crippen LogP contribution in [0.25, 0.3) is 0 Å². The summed E-state index contributed by atoms with van der Waals surface area (Å²) in [5, 5.41) is 16.9. The minimum absolute atomic E-state index is 0.0228. The first-order chi connectivity index (χ1) is 15.2. The molecule has 0 aliphatic carbocycles. The molecule has 0 unspecified atom stereocenters. The van der Waals surface area contributed by atoms with E-state index in [0.29, 0.717) is 31.7 Å². The Morgan fingerprint density at radius 2 is 1.84 bits per heavy atom. The zero-order chi connectivity index (χ0) is 24.1. The van der Waals surface area contributed by atoms with Gasteiger partial charge in [-0.05, 0) is 38.5 Å². The number of nitrogens with zero attached hydrogens (tertiary/aromatic N) is 1. The van der Waals surface area contributed by atoms with Crippen molar-refractivity contribution in [1.29, 1.82) is 0 Å². The van der Waals surface area contributed by atoms with Gasteiger partial charge in [-0.15, -0.1) is 0 Å². The molecule has 0 bridgehead atoms. The fourth-order valence-corrected chi connectivity index (χ4v) is 4.23. The third-order valence-corrected chi connectivity index (χ3v) is 6.76. The SMILES string of the molecule is CCCCNC(=O)[C@H](C)C[C@H](O)[C@@H]1C[C@H](C)CCCCCCCC(=O)N(C)[C@@H](C)C(=O)N1. The number of nitrogens with one attached hydrogen (secondary N) is 2. The zero-order valence-electron chi connectivity index (χ0n) is 21.0. The van der Waals surface area contributed by atoms with E-state index in [1.807, 2.05) is 6.92 Å². The number of aliphatic hydroxyl groups is 1. The lowest BCUT2D eigenvalue weighted by Crippen LogP contribution is -2.52. The van der Waals surface area contributed by atoms with Crippen LogP contribution in [0.4, 0.5) is 0 Å². The number of unbranched alkanes of at least 4 members (excludes halogenated alkanes) is 1. The molecule has 1 rings (SSSR count). The molecule has 1 fully saturated rings. The van der Waals surface area contributed by atoms with Gasteiger partial charge in [-0.1, -0.05) is 59.3 Å². The van der Waals surface area contributed by atoms with Crippen LogP contribution in [0.15, 0.2) is 0 Å². The van der Waals surface area contributed by atoms with Crippen molar-refractivity contribution in [3.63, 3.8) is 0 Å². The third-order valence-electron chi connectivity index (χ3n) is 6.76. The van der Waals surface area contributed by atoms with Crippen LogP contribution in [-0.2, 0) is 14.4 Å². The summed E-state index contributed by atoms with van der Waals surface area (Å²) in [6, 6.07) is -1.05. The van der Waals surface area contributed by atoms with Crippen LogP contribution < -0.4 is 10.6 Å². The van der Waals surface area contributed by atoms with Crippen LogP contribution in [0.3, 0.4) is 0 Å². The second-order valence-electron chi connectivity index (χ2n) is 9.79. The largest absolute Gasteiger partial charge is 0.391 e. The Morgan fingerprint density at radius 3 is 2.53 bits per heavy atom. The number of likely N-dealkylation sites (N-methyl/N-ethyl adjacent to an activating group) is 1. The highest BCUT2D eigenvalue weighted by Crippen LogP contribution is 2.21. The smallest absolute Gasteiger partial charge is 0.242 e. The van der Waals surface area contributed by atoms with Gasteiger partial charge in [-0.25, -0.2) is 0 Å². The van der Waals surface area contributed by atoms with E-state index in [2.05, 4.69) is 24.5 Å². The topological polar surface area (TPSA) is 98.7 Å². The first kappa shape index (κ1) is 28.4. The number of hydrogen-bond donors (Lipinski definition) is 3. The predicted octanol–water partition coefficient (Wildman–Crippen LogP) is 3.39. The maximum Gasteiger partial charge on any atom is 0.242 e. The number of aliphatic hydroxyl groups excluding tert-OH is 1. The minimum atomic E-state index is -0.822. The normalized spacial score (nSPS) is 26.4. The van der Waals surface area contributed by atoms with Crippen molar-refractivity contribution in [2.24, 2.45) is 11.8 Å². The van der Waals surface area contributed by atoms with Crippen LogP contribution in [0.1, 0.15) is 98.3 Å². The van der Waals surface area contributed by atoms with Crippen molar-refractivity contribution < 1.29 is 19.5 Å². The predicted molar refractivity (Wildman–Crippen MR) is 128 cm³/mol. The van der Waals surface area contributed by atoms with Crippen molar-refractivity contribution >= 4 is 17.7 Å². The van der Waals surface area contributed by atoms with Crippen LogP contribution in [-0.4, -0.2) is 59.5 Å². The number of carbonyl (C=O) groups excluding carboxylic acids is 3. The van der Waals surface area contributed by atoms with Crippen molar-refractivity contribution in [2.75, 3.05) is 13.6 Å². The van der Waals surface area contributed by atoms with E-state index in [0.717, 1.165) is 51.4 Å². The monoisotopic (exact) mass is 453 g/mol. The molecule has 1 aliphatic heterocycles. The molecule has 0 aromatic carbocycles. The summed E-state index contributed by atoms with van der Waals surface area (Å²) in [7, 11) is 1.67. The Labute approximate surface area is 195 Å². The van der Waals surface area contributed by atoms with Crippen LogP contribution >= 0.6 is 0 Å². The van der Waals surface area contributed by atoms with E-state index < -0.39 is 18.2 Å². The van der Waals surface area contributed by atoms with Gasteiger partial charge in [0.1, 0.15) is 6.04 Å². The van der Waals surface area contributed by atoms with Gasteiger partial charge < -0.3 is 20.6 Å². The Kier molecular flexibility index (Phi) is 13.5. The van der Waals surface area contributed by atoms with Gasteiger partial charge in [0.05, 0.1) is 12.1 Å². The molecule has 0 spiro atoms. The Hall–Kier alpha value is -1.63. The maximum absolute atomic E-state index is 12.9. The molecule has 0 aromatic heterocycles. The van der Waals surface area contributed by atoms with E-state index in [9.17, 15) is 19.5 Å². The molecule has 186 valence electrons. The van der Waals surface area contributed by atoms with Gasteiger partial charge in [0.25, 0.3) is 0 Å². The Morgan fingerprint density at radius 1 is 1.19 bits per heavy atom. The molecule has 1 heterocycles. The van der Waals surface area contributed by atoms with Crippen LogP contribution in [0, 0.1) is 11.8 Å². The number of amides is 3. The molecule has 0 saturated carbocycles. The van der Waals surface area contributed by atoms with Gasteiger partial charge in [0.15, 0.2) is 0 Å². The average molecular weight is 454 g/mol. The first-order valence-corrected chi connectivity index (χ1v) is 12.7. The fraction of sp³-hybridized carbons (Fsp3) is 0.880. The number of rotatable bonds is 7. The molecule has 3 N–H and O–H groups in total. The maximum atomic E-state index is 12.9. The number of hydrogen-bond acceptors (Lipinski definition) is 4. The third kappa shape index (κ3) is 10.3. The summed E-state index contributed by atoms with van der Waals surface area (Å²) in [6.07, 6.45) is 8.82. The summed E-state index contributed by atoms with van der Waals surface area (Å²) in [5.41, 5.74) is 0. The molecule has 0 aromatic rings. The summed E-state index contributed by atoms with van der Waals surface area (Å²) in [5.74, 6) is -0.333. The molecular weight excluding hydrogens is 406 g/mol. The van der Waals surface area contributed by atoms with E-state index in [1.165, 1.54) is 4.90 Å². The lowest BCUT2D eigenvalue weighted by atomic mass is 9.89. The minimum Gasteiger partial charge on any atom is -0.391 e. The quantitative estimate of drug-likeness (QED) is 0.515. The van der Waals surface area contributed by atoms with Crippen molar-refractivity contribution in [3.8, 4) is 0 Å². The molecule has 1 aliphatic rings. The molecule has 7 heteroatoms. The molecule has 5 atom stereocenters. The zero-order valence-corrected chi connectivity index (χ0v) is 21.0. The number of carbonyl (C=O) groups is 3. The Bertz CT molecular complexity index is 584. The standard InChI is InChI=1S/C25H47N3O4/c1-6-7-15-26-24(31)19(3)17-22(29)21-16-18(2)13-11-9-8-10-12-14-23(30)28(5)20(4)25(32)27-21/h18-22,29H,6-17H2,1-5H3,(H,26,31)(H,27,32)/t18-,19-,20+,21+,22+/m1/s1. The van der Waals surface area contributed by atoms with E-state index in [4.69, 9.17) is 0 Å². The fourth-order valence-electron chi connectivity index (χ4n) is 4.23. The Balaban J connectivity index is 2.86. The van der Waals surface area contributed by atoms with E-state index in [-0.39, 0.29) is 23.6 Å². The van der Waals surface area contributed by atoms with Gasteiger partial charge in [-0.2, -0.15) is 0 Å². The van der Waals surface area contributed by atoms with Crippen LogP contribution in [0.5, 0.6) is 0 Å². The molecular formula is C25H47N3O4. The summed E-state index contributed by atoms with van der Waals surface area (Å²) in [6.45, 7) is 8.42. The van der Waals surface area contributed by atoms with E-state index in [1.54, 1.807) is 14.0 Å². The van der Waals surface area contributed by atoms with Crippen LogP contribution in [0.2, 0.25) is 0 Å². The highest BCUT2D eigenvalue weighted by atomic mass is 16.3. The lowest BCUT2D eigenvalue weighted by molar-refractivity contribution is -0.139. The summed E-state index contributed by atoms with van der Waals surface area (Å²) >= 11 is 0. The van der Waals surface area contributed by atoms with Gasteiger partial charge >= 0.3 is 0 Å². The van der Waals surface area contributed by atoms with Gasteiger partial charge in [0.2, 0.25) is 17.7 Å².